The molecule has 3 N–H and O–H groups in total. The van der Waals surface area contributed by atoms with Crippen molar-refractivity contribution in [3.8, 4) is 5.69 Å². The van der Waals surface area contributed by atoms with Crippen molar-refractivity contribution in [2.75, 3.05) is 6.54 Å². The fourth-order valence-electron chi connectivity index (χ4n) is 3.06. The second-order valence-electron chi connectivity index (χ2n) is 6.15. The van der Waals surface area contributed by atoms with Gasteiger partial charge < -0.3 is 11.1 Å². The Morgan fingerprint density at radius 1 is 1.32 bits per heavy atom. The summed E-state index contributed by atoms with van der Waals surface area (Å²) in [4.78, 5) is 12.4. The SMILES string of the molecule is Cc1cnn(-c2ccc(C(=O)NC3(CN)CCCC3)cc2)c1. The molecule has 1 fully saturated rings. The van der Waals surface area contributed by atoms with Crippen molar-refractivity contribution in [3.63, 3.8) is 0 Å². The molecular weight excluding hydrogens is 276 g/mol. The molecule has 1 amide bonds. The molecule has 1 aliphatic carbocycles. The van der Waals surface area contributed by atoms with Crippen LogP contribution in [-0.2, 0) is 0 Å². The molecule has 0 atom stereocenters. The summed E-state index contributed by atoms with van der Waals surface area (Å²) in [6.45, 7) is 2.50. The minimum absolute atomic E-state index is 0.0458. The van der Waals surface area contributed by atoms with E-state index in [1.165, 1.54) is 0 Å². The number of amides is 1. The fraction of sp³-hybridized carbons (Fsp3) is 0.412. The summed E-state index contributed by atoms with van der Waals surface area (Å²) in [5.74, 6) is -0.0458. The molecule has 1 saturated carbocycles. The first kappa shape index (κ1) is 14.8. The number of nitrogens with two attached hydrogens (primary N) is 1. The van der Waals surface area contributed by atoms with Gasteiger partial charge in [-0.2, -0.15) is 5.10 Å². The Hall–Kier alpha value is -2.14. The molecule has 0 spiro atoms. The molecule has 3 rings (SSSR count). The maximum absolute atomic E-state index is 12.4. The van der Waals surface area contributed by atoms with Crippen LogP contribution in [0.1, 0.15) is 41.6 Å². The van der Waals surface area contributed by atoms with Gasteiger partial charge >= 0.3 is 0 Å². The fourth-order valence-corrected chi connectivity index (χ4v) is 3.06. The summed E-state index contributed by atoms with van der Waals surface area (Å²) < 4.78 is 1.80. The topological polar surface area (TPSA) is 72.9 Å². The van der Waals surface area contributed by atoms with Crippen LogP contribution in [0.2, 0.25) is 0 Å². The monoisotopic (exact) mass is 298 g/mol. The third kappa shape index (κ3) is 2.90. The summed E-state index contributed by atoms with van der Waals surface area (Å²) in [7, 11) is 0. The van der Waals surface area contributed by atoms with E-state index in [2.05, 4.69) is 10.4 Å². The third-order valence-electron chi connectivity index (χ3n) is 4.44. The van der Waals surface area contributed by atoms with Crippen molar-refractivity contribution in [2.24, 2.45) is 5.73 Å². The molecule has 1 aliphatic rings. The standard InChI is InChI=1S/C17H22N4O/c1-13-10-19-21(11-13)15-6-4-14(5-7-15)16(22)20-17(12-18)8-2-3-9-17/h4-7,10-11H,2-3,8-9,12,18H2,1H3,(H,20,22). The van der Waals surface area contributed by atoms with Crippen LogP contribution in [0.15, 0.2) is 36.7 Å². The minimum Gasteiger partial charge on any atom is -0.345 e. The number of benzene rings is 1. The van der Waals surface area contributed by atoms with Crippen LogP contribution in [0, 0.1) is 6.92 Å². The summed E-state index contributed by atoms with van der Waals surface area (Å²) in [5, 5.41) is 7.40. The lowest BCUT2D eigenvalue weighted by Crippen LogP contribution is -2.51. The lowest BCUT2D eigenvalue weighted by atomic mass is 9.97. The lowest BCUT2D eigenvalue weighted by molar-refractivity contribution is 0.0903. The van der Waals surface area contributed by atoms with Crippen LogP contribution in [0.5, 0.6) is 0 Å². The molecule has 0 saturated heterocycles. The number of nitrogens with zero attached hydrogens (tertiary/aromatic N) is 2. The normalized spacial score (nSPS) is 16.6. The molecule has 116 valence electrons. The Morgan fingerprint density at radius 3 is 2.55 bits per heavy atom. The first-order chi connectivity index (χ1) is 10.6. The van der Waals surface area contributed by atoms with Crippen LogP contribution in [0.4, 0.5) is 0 Å². The Balaban J connectivity index is 1.73. The highest BCUT2D eigenvalue weighted by Crippen LogP contribution is 2.29. The van der Waals surface area contributed by atoms with Gasteiger partial charge in [-0.15, -0.1) is 0 Å². The largest absolute Gasteiger partial charge is 0.345 e. The zero-order valence-corrected chi connectivity index (χ0v) is 12.9. The zero-order valence-electron chi connectivity index (χ0n) is 12.9. The Morgan fingerprint density at radius 2 is 2.00 bits per heavy atom. The van der Waals surface area contributed by atoms with Crippen LogP contribution in [0.3, 0.4) is 0 Å². The number of aryl methyl sites for hydroxylation is 1. The van der Waals surface area contributed by atoms with Crippen molar-refractivity contribution >= 4 is 5.91 Å². The van der Waals surface area contributed by atoms with Crippen LogP contribution >= 0.6 is 0 Å². The van der Waals surface area contributed by atoms with Gasteiger partial charge in [0.1, 0.15) is 0 Å². The molecule has 1 heterocycles. The molecule has 5 nitrogen and oxygen atoms in total. The first-order valence-electron chi connectivity index (χ1n) is 7.76. The number of hydrogen-bond acceptors (Lipinski definition) is 3. The summed E-state index contributed by atoms with van der Waals surface area (Å²) in [6.07, 6.45) is 7.98. The van der Waals surface area contributed by atoms with Crippen LogP contribution in [-0.4, -0.2) is 27.8 Å². The predicted molar refractivity (Wildman–Crippen MR) is 86.0 cm³/mol. The van der Waals surface area contributed by atoms with Crippen molar-refractivity contribution in [2.45, 2.75) is 38.1 Å². The summed E-state index contributed by atoms with van der Waals surface area (Å²) in [5.41, 5.74) is 8.37. The van der Waals surface area contributed by atoms with Crippen molar-refractivity contribution in [1.29, 1.82) is 0 Å². The highest BCUT2D eigenvalue weighted by molar-refractivity contribution is 5.94. The molecule has 0 aliphatic heterocycles. The molecular formula is C17H22N4O. The van der Waals surface area contributed by atoms with Crippen molar-refractivity contribution in [3.05, 3.63) is 47.8 Å². The van der Waals surface area contributed by atoms with Gasteiger partial charge in [0.25, 0.3) is 5.91 Å². The average Bonchev–Trinajstić information content (AvgIpc) is 3.17. The quantitative estimate of drug-likeness (QED) is 0.908. The first-order valence-corrected chi connectivity index (χ1v) is 7.76. The highest BCUT2D eigenvalue weighted by atomic mass is 16.1. The van der Waals surface area contributed by atoms with E-state index in [-0.39, 0.29) is 11.4 Å². The number of aromatic nitrogens is 2. The molecule has 0 unspecified atom stereocenters. The van der Waals surface area contributed by atoms with E-state index in [9.17, 15) is 4.79 Å². The Labute approximate surface area is 130 Å². The summed E-state index contributed by atoms with van der Waals surface area (Å²) >= 11 is 0. The number of carbonyl (C=O) groups is 1. The number of rotatable bonds is 4. The van der Waals surface area contributed by atoms with E-state index in [1.807, 2.05) is 43.6 Å². The number of carbonyl (C=O) groups excluding carboxylic acids is 1. The van der Waals surface area contributed by atoms with Gasteiger partial charge in [-0.25, -0.2) is 4.68 Å². The molecule has 22 heavy (non-hydrogen) atoms. The van der Waals surface area contributed by atoms with Crippen LogP contribution in [0.25, 0.3) is 5.69 Å². The van der Waals surface area contributed by atoms with E-state index < -0.39 is 0 Å². The van der Waals surface area contributed by atoms with Gasteiger partial charge in [-0.3, -0.25) is 4.79 Å². The van der Waals surface area contributed by atoms with Crippen molar-refractivity contribution < 1.29 is 4.79 Å². The minimum atomic E-state index is -0.213. The molecule has 5 heteroatoms. The van der Waals surface area contributed by atoms with Gasteiger partial charge in [0.15, 0.2) is 0 Å². The smallest absolute Gasteiger partial charge is 0.251 e. The van der Waals surface area contributed by atoms with E-state index in [1.54, 1.807) is 4.68 Å². The predicted octanol–water partition coefficient (Wildman–Crippen LogP) is 2.18. The Kier molecular flexibility index (Phi) is 3.98. The third-order valence-corrected chi connectivity index (χ3v) is 4.44. The van der Waals surface area contributed by atoms with Gasteiger partial charge in [0, 0.05) is 18.3 Å². The maximum atomic E-state index is 12.4. The van der Waals surface area contributed by atoms with Gasteiger partial charge in [0.2, 0.25) is 0 Å². The lowest BCUT2D eigenvalue weighted by Gasteiger charge is -2.28. The van der Waals surface area contributed by atoms with Gasteiger partial charge in [-0.1, -0.05) is 12.8 Å². The summed E-state index contributed by atoms with van der Waals surface area (Å²) in [6, 6.07) is 7.48. The van der Waals surface area contributed by atoms with E-state index in [0.717, 1.165) is 36.9 Å². The average molecular weight is 298 g/mol. The Bertz CT molecular complexity index is 654. The van der Waals surface area contributed by atoms with E-state index in [0.29, 0.717) is 12.1 Å². The van der Waals surface area contributed by atoms with Crippen molar-refractivity contribution in [1.82, 2.24) is 15.1 Å². The second kappa shape index (κ2) is 5.93. The number of hydrogen-bond donors (Lipinski definition) is 2. The molecule has 0 radical (unpaired) electrons. The molecule has 2 aromatic rings. The zero-order chi connectivity index (χ0) is 15.6. The second-order valence-corrected chi connectivity index (χ2v) is 6.15. The molecule has 0 bridgehead atoms. The molecule has 1 aromatic heterocycles. The van der Waals surface area contributed by atoms with Gasteiger partial charge in [-0.05, 0) is 49.6 Å². The van der Waals surface area contributed by atoms with E-state index in [4.69, 9.17) is 5.73 Å². The number of nitrogens with one attached hydrogen (secondary N) is 1. The van der Waals surface area contributed by atoms with Crippen LogP contribution < -0.4 is 11.1 Å². The molecule has 1 aromatic carbocycles. The van der Waals surface area contributed by atoms with E-state index >= 15 is 0 Å². The highest BCUT2D eigenvalue weighted by Gasteiger charge is 2.33. The maximum Gasteiger partial charge on any atom is 0.251 e. The van der Waals surface area contributed by atoms with Gasteiger partial charge in [0.05, 0.1) is 17.4 Å².